The number of likely N-dealkylation sites (tertiary alicyclic amines) is 3. The zero-order valence-electron chi connectivity index (χ0n) is 16.5. The highest BCUT2D eigenvalue weighted by atomic mass is 19.1. The lowest BCUT2D eigenvalue weighted by molar-refractivity contribution is -0.141. The van der Waals surface area contributed by atoms with Crippen molar-refractivity contribution in [2.45, 2.75) is 56.4 Å². The third kappa shape index (κ3) is 3.38. The molecule has 2 bridgehead atoms. The molecule has 154 valence electrons. The SMILES string of the molecule is C[C@H](c1ccccc1F)N1C(=O)[C@@H]2CC1CN2C[C@H](N)C(=O)N1CCC[C@H]1C#N. The molecule has 0 aliphatic carbocycles. The molecule has 7 nitrogen and oxygen atoms in total. The monoisotopic (exact) mass is 399 g/mol. The molecular formula is C21H26FN5O2. The van der Waals surface area contributed by atoms with Gasteiger partial charge in [-0.3, -0.25) is 14.5 Å². The standard InChI is InChI=1S/C21H26FN5O2/c1-13(16-6-2-3-7-17(16)22)27-15-9-19(21(27)29)25(11-15)12-18(24)20(28)26-8-4-5-14(26)10-23/h2-3,6-7,13-15,18-19H,4-5,8-9,11-12,24H2,1H3/t13-,14+,15?,18+,19+/m1/s1. The van der Waals surface area contributed by atoms with Crippen LogP contribution in [-0.2, 0) is 9.59 Å². The van der Waals surface area contributed by atoms with Gasteiger partial charge in [-0.15, -0.1) is 0 Å². The van der Waals surface area contributed by atoms with Gasteiger partial charge < -0.3 is 15.5 Å². The molecule has 29 heavy (non-hydrogen) atoms. The topological polar surface area (TPSA) is 93.7 Å². The first-order valence-electron chi connectivity index (χ1n) is 10.2. The number of piperazine rings is 1. The van der Waals surface area contributed by atoms with Gasteiger partial charge in [0, 0.05) is 31.2 Å². The van der Waals surface area contributed by atoms with E-state index >= 15 is 0 Å². The van der Waals surface area contributed by atoms with Crippen LogP contribution in [0.1, 0.15) is 37.8 Å². The summed E-state index contributed by atoms with van der Waals surface area (Å²) in [5, 5.41) is 9.19. The highest BCUT2D eigenvalue weighted by molar-refractivity contribution is 5.87. The van der Waals surface area contributed by atoms with Gasteiger partial charge in [0.25, 0.3) is 0 Å². The van der Waals surface area contributed by atoms with Crippen molar-refractivity contribution in [3.05, 3.63) is 35.6 Å². The smallest absolute Gasteiger partial charge is 0.241 e. The van der Waals surface area contributed by atoms with E-state index in [4.69, 9.17) is 5.73 Å². The Morgan fingerprint density at radius 1 is 1.41 bits per heavy atom. The van der Waals surface area contributed by atoms with Crippen molar-refractivity contribution in [3.8, 4) is 6.07 Å². The molecule has 3 aliphatic heterocycles. The van der Waals surface area contributed by atoms with Gasteiger partial charge in [0.05, 0.1) is 24.2 Å². The molecule has 1 aromatic carbocycles. The lowest BCUT2D eigenvalue weighted by Gasteiger charge is -2.38. The number of amides is 2. The number of nitrogens with two attached hydrogens (primary N) is 1. The fourth-order valence-corrected chi connectivity index (χ4v) is 5.07. The first-order valence-corrected chi connectivity index (χ1v) is 10.2. The van der Waals surface area contributed by atoms with Crippen molar-refractivity contribution in [2.75, 3.05) is 19.6 Å². The predicted molar refractivity (Wildman–Crippen MR) is 104 cm³/mol. The van der Waals surface area contributed by atoms with Crippen molar-refractivity contribution < 1.29 is 14.0 Å². The van der Waals surface area contributed by atoms with E-state index in [0.29, 0.717) is 38.0 Å². The van der Waals surface area contributed by atoms with Crippen LogP contribution >= 0.6 is 0 Å². The summed E-state index contributed by atoms with van der Waals surface area (Å²) in [7, 11) is 0. The van der Waals surface area contributed by atoms with Gasteiger partial charge in [-0.25, -0.2) is 4.39 Å². The van der Waals surface area contributed by atoms with Crippen LogP contribution in [0.3, 0.4) is 0 Å². The minimum absolute atomic E-state index is 0.0111. The van der Waals surface area contributed by atoms with E-state index in [0.717, 1.165) is 6.42 Å². The van der Waals surface area contributed by atoms with E-state index in [2.05, 4.69) is 6.07 Å². The van der Waals surface area contributed by atoms with Gasteiger partial charge in [0.1, 0.15) is 11.9 Å². The van der Waals surface area contributed by atoms with Crippen molar-refractivity contribution in [3.63, 3.8) is 0 Å². The molecule has 0 spiro atoms. The van der Waals surface area contributed by atoms with Gasteiger partial charge in [-0.1, -0.05) is 18.2 Å². The van der Waals surface area contributed by atoms with Crippen molar-refractivity contribution >= 4 is 11.8 Å². The summed E-state index contributed by atoms with van der Waals surface area (Å²) in [6, 6.07) is 6.88. The highest BCUT2D eigenvalue weighted by Crippen LogP contribution is 2.38. The van der Waals surface area contributed by atoms with E-state index < -0.39 is 12.1 Å². The number of nitrogens with zero attached hydrogens (tertiary/aromatic N) is 4. The van der Waals surface area contributed by atoms with Crippen LogP contribution < -0.4 is 5.73 Å². The van der Waals surface area contributed by atoms with Crippen LogP contribution in [0.15, 0.2) is 24.3 Å². The molecule has 1 aromatic rings. The fraction of sp³-hybridized carbons (Fsp3) is 0.571. The Bertz CT molecular complexity index is 856. The van der Waals surface area contributed by atoms with E-state index in [9.17, 15) is 19.2 Å². The number of benzene rings is 1. The van der Waals surface area contributed by atoms with Gasteiger partial charge in [-0.2, -0.15) is 5.26 Å². The van der Waals surface area contributed by atoms with Gasteiger partial charge in [-0.05, 0) is 32.3 Å². The molecule has 3 fully saturated rings. The molecule has 8 heteroatoms. The second-order valence-corrected chi connectivity index (χ2v) is 8.23. The number of rotatable bonds is 5. The number of halogens is 1. The Morgan fingerprint density at radius 2 is 2.17 bits per heavy atom. The number of fused-ring (bicyclic) bond motifs is 2. The Balaban J connectivity index is 1.40. The van der Waals surface area contributed by atoms with E-state index in [1.165, 1.54) is 6.07 Å². The minimum atomic E-state index is -0.756. The van der Waals surface area contributed by atoms with Crippen LogP contribution in [0.2, 0.25) is 0 Å². The molecule has 3 saturated heterocycles. The third-order valence-electron chi connectivity index (χ3n) is 6.52. The number of nitriles is 1. The molecule has 5 atom stereocenters. The maximum Gasteiger partial charge on any atom is 0.241 e. The summed E-state index contributed by atoms with van der Waals surface area (Å²) in [4.78, 5) is 31.0. The van der Waals surface area contributed by atoms with Crippen molar-refractivity contribution in [1.82, 2.24) is 14.7 Å². The van der Waals surface area contributed by atoms with Crippen LogP contribution in [-0.4, -0.2) is 70.3 Å². The summed E-state index contributed by atoms with van der Waals surface area (Å²) in [5.41, 5.74) is 6.68. The second-order valence-electron chi connectivity index (χ2n) is 8.23. The molecule has 3 aliphatic rings. The minimum Gasteiger partial charge on any atom is -0.330 e. The predicted octanol–water partition coefficient (Wildman–Crippen LogP) is 1.01. The molecule has 2 amide bonds. The quantitative estimate of drug-likeness (QED) is 0.798. The third-order valence-corrected chi connectivity index (χ3v) is 6.52. The van der Waals surface area contributed by atoms with Gasteiger partial charge in [0.15, 0.2) is 0 Å². The van der Waals surface area contributed by atoms with Gasteiger partial charge in [0.2, 0.25) is 11.8 Å². The van der Waals surface area contributed by atoms with Crippen LogP contribution in [0.5, 0.6) is 0 Å². The summed E-state index contributed by atoms with van der Waals surface area (Å²) in [6.45, 7) is 3.33. The summed E-state index contributed by atoms with van der Waals surface area (Å²) in [5.74, 6) is -0.564. The summed E-state index contributed by atoms with van der Waals surface area (Å²) >= 11 is 0. The van der Waals surface area contributed by atoms with Crippen LogP contribution in [0.25, 0.3) is 0 Å². The Morgan fingerprint density at radius 3 is 2.86 bits per heavy atom. The zero-order chi connectivity index (χ0) is 20.7. The second kappa shape index (κ2) is 7.73. The van der Waals surface area contributed by atoms with Crippen molar-refractivity contribution in [1.29, 1.82) is 5.26 Å². The lowest BCUT2D eigenvalue weighted by atomic mass is 10.0. The normalized spacial score (nSPS) is 28.6. The van der Waals surface area contributed by atoms with E-state index in [-0.39, 0.29) is 35.8 Å². The lowest BCUT2D eigenvalue weighted by Crippen LogP contribution is -2.56. The first-order chi connectivity index (χ1) is 13.9. The molecule has 0 radical (unpaired) electrons. The zero-order valence-corrected chi connectivity index (χ0v) is 16.5. The van der Waals surface area contributed by atoms with E-state index in [1.807, 2.05) is 11.8 Å². The molecule has 2 N–H and O–H groups in total. The Labute approximate surface area is 169 Å². The molecule has 4 rings (SSSR count). The largest absolute Gasteiger partial charge is 0.330 e. The Kier molecular flexibility index (Phi) is 5.28. The average Bonchev–Trinajstić information content (AvgIpc) is 3.41. The Hall–Kier alpha value is -2.50. The van der Waals surface area contributed by atoms with Crippen LogP contribution in [0, 0.1) is 17.1 Å². The summed E-state index contributed by atoms with van der Waals surface area (Å²) < 4.78 is 14.2. The highest BCUT2D eigenvalue weighted by Gasteiger charge is 2.51. The summed E-state index contributed by atoms with van der Waals surface area (Å²) in [6.07, 6.45) is 2.17. The molecule has 0 saturated carbocycles. The van der Waals surface area contributed by atoms with E-state index in [1.54, 1.807) is 28.0 Å². The number of carbonyl (C=O) groups is 2. The maximum atomic E-state index is 14.2. The first kappa shape index (κ1) is 19.8. The molecule has 0 aromatic heterocycles. The molecular weight excluding hydrogens is 373 g/mol. The number of carbonyl (C=O) groups excluding carboxylic acids is 2. The fourth-order valence-electron chi connectivity index (χ4n) is 5.07. The van der Waals surface area contributed by atoms with Gasteiger partial charge >= 0.3 is 0 Å². The molecule has 3 heterocycles. The van der Waals surface area contributed by atoms with Crippen molar-refractivity contribution in [2.24, 2.45) is 5.73 Å². The number of hydrogen-bond donors (Lipinski definition) is 1. The number of hydrogen-bond acceptors (Lipinski definition) is 5. The maximum absolute atomic E-state index is 14.2. The average molecular weight is 399 g/mol. The molecule has 1 unspecified atom stereocenters. The van der Waals surface area contributed by atoms with Crippen LogP contribution in [0.4, 0.5) is 4.39 Å².